The zero-order valence-electron chi connectivity index (χ0n) is 8.23. The summed E-state index contributed by atoms with van der Waals surface area (Å²) in [6.45, 7) is 2.09. The van der Waals surface area contributed by atoms with Crippen molar-refractivity contribution in [1.82, 2.24) is 0 Å². The first-order chi connectivity index (χ1) is 6.72. The Balaban J connectivity index is 0.000000336. The molecule has 5 heteroatoms. The number of aldehydes is 1. The quantitative estimate of drug-likeness (QED) is 0.675. The van der Waals surface area contributed by atoms with Crippen LogP contribution in [0.2, 0.25) is 5.02 Å². The highest BCUT2D eigenvalue weighted by atomic mass is 35.5. The minimum atomic E-state index is -4.00. The SMILES string of the molecule is CC(F)(F)F.Cc1cc(Cl)cc(C=O)c1. The summed E-state index contributed by atoms with van der Waals surface area (Å²) >= 11 is 5.67. The van der Waals surface area contributed by atoms with Gasteiger partial charge < -0.3 is 0 Å². The molecule has 0 aliphatic carbocycles. The van der Waals surface area contributed by atoms with E-state index >= 15 is 0 Å². The highest BCUT2D eigenvalue weighted by Gasteiger charge is 2.15. The van der Waals surface area contributed by atoms with Gasteiger partial charge in [-0.15, -0.1) is 0 Å². The van der Waals surface area contributed by atoms with Gasteiger partial charge in [-0.3, -0.25) is 4.79 Å². The number of halogens is 4. The predicted octanol–water partition coefficient (Wildman–Crippen LogP) is 4.03. The second-order valence-electron chi connectivity index (χ2n) is 2.96. The summed E-state index contributed by atoms with van der Waals surface area (Å²) in [6, 6.07) is 5.25. The maximum Gasteiger partial charge on any atom is 0.386 e. The van der Waals surface area contributed by atoms with E-state index in [0.29, 0.717) is 10.6 Å². The molecule has 1 aromatic rings. The molecule has 0 heterocycles. The minimum absolute atomic E-state index is 0.188. The van der Waals surface area contributed by atoms with E-state index in [9.17, 15) is 18.0 Å². The normalized spacial score (nSPS) is 10.3. The molecule has 0 aromatic heterocycles. The molecule has 1 aromatic carbocycles. The van der Waals surface area contributed by atoms with Crippen LogP contribution in [0.15, 0.2) is 18.2 Å². The van der Waals surface area contributed by atoms with Crippen molar-refractivity contribution in [3.63, 3.8) is 0 Å². The largest absolute Gasteiger partial charge is 0.386 e. The lowest BCUT2D eigenvalue weighted by Gasteiger charge is -1.94. The Morgan fingerprint density at radius 1 is 1.27 bits per heavy atom. The van der Waals surface area contributed by atoms with Gasteiger partial charge in [-0.2, -0.15) is 13.2 Å². The molecule has 0 saturated carbocycles. The smallest absolute Gasteiger partial charge is 0.298 e. The van der Waals surface area contributed by atoms with Crippen LogP contribution in [0.4, 0.5) is 13.2 Å². The fourth-order valence-electron chi connectivity index (χ4n) is 0.833. The van der Waals surface area contributed by atoms with Gasteiger partial charge in [0.25, 0.3) is 0 Å². The zero-order chi connectivity index (χ0) is 12.1. The Hall–Kier alpha value is -1.03. The fourth-order valence-corrected chi connectivity index (χ4v) is 1.13. The third kappa shape index (κ3) is 9.28. The van der Waals surface area contributed by atoms with Crippen molar-refractivity contribution in [1.29, 1.82) is 0 Å². The van der Waals surface area contributed by atoms with Gasteiger partial charge in [-0.25, -0.2) is 0 Å². The first kappa shape index (κ1) is 14.0. The maximum absolute atomic E-state index is 10.4. The third-order valence-electron chi connectivity index (χ3n) is 1.20. The standard InChI is InChI=1S/C8H7ClO.C2H3F3/c1-6-2-7(5-10)4-8(9)3-6;1-2(3,4)5/h2-5H,1H3;1H3. The monoisotopic (exact) mass is 238 g/mol. The molecule has 0 fully saturated rings. The molecule has 0 amide bonds. The van der Waals surface area contributed by atoms with Crippen LogP contribution >= 0.6 is 11.6 Å². The fraction of sp³-hybridized carbons (Fsp3) is 0.300. The predicted molar refractivity (Wildman–Crippen MR) is 53.3 cm³/mol. The molecule has 0 atom stereocenters. The van der Waals surface area contributed by atoms with Crippen molar-refractivity contribution in [2.75, 3.05) is 0 Å². The van der Waals surface area contributed by atoms with Crippen molar-refractivity contribution in [2.24, 2.45) is 0 Å². The Morgan fingerprint density at radius 2 is 1.73 bits per heavy atom. The van der Waals surface area contributed by atoms with Crippen LogP contribution in [0.1, 0.15) is 22.8 Å². The van der Waals surface area contributed by atoms with Crippen LogP contribution in [0.3, 0.4) is 0 Å². The first-order valence-electron chi connectivity index (χ1n) is 4.01. The van der Waals surface area contributed by atoms with E-state index in [1.165, 1.54) is 0 Å². The third-order valence-corrected chi connectivity index (χ3v) is 1.42. The van der Waals surface area contributed by atoms with Crippen molar-refractivity contribution in [3.05, 3.63) is 34.3 Å². The van der Waals surface area contributed by atoms with E-state index in [2.05, 4.69) is 0 Å². The van der Waals surface area contributed by atoms with Crippen molar-refractivity contribution in [2.45, 2.75) is 20.0 Å². The summed E-state index contributed by atoms with van der Waals surface area (Å²) in [5, 5.41) is 0.613. The van der Waals surface area contributed by atoms with Gasteiger partial charge in [0.05, 0.1) is 0 Å². The highest BCUT2D eigenvalue weighted by Crippen LogP contribution is 2.12. The van der Waals surface area contributed by atoms with Crippen LogP contribution in [-0.4, -0.2) is 12.5 Å². The Morgan fingerprint density at radius 3 is 2.07 bits per heavy atom. The van der Waals surface area contributed by atoms with E-state index in [1.54, 1.807) is 12.1 Å². The van der Waals surface area contributed by atoms with E-state index in [-0.39, 0.29) is 6.92 Å². The minimum Gasteiger partial charge on any atom is -0.298 e. The number of benzene rings is 1. The molecule has 0 spiro atoms. The van der Waals surface area contributed by atoms with Gasteiger partial charge in [0.15, 0.2) is 0 Å². The van der Waals surface area contributed by atoms with Crippen LogP contribution in [0, 0.1) is 6.92 Å². The Labute approximate surface area is 90.9 Å². The van der Waals surface area contributed by atoms with Gasteiger partial charge >= 0.3 is 6.18 Å². The van der Waals surface area contributed by atoms with E-state index in [1.807, 2.05) is 13.0 Å². The molecular formula is C10H10ClF3O. The average Bonchev–Trinajstić information content (AvgIpc) is 1.99. The molecule has 15 heavy (non-hydrogen) atoms. The van der Waals surface area contributed by atoms with E-state index in [4.69, 9.17) is 11.6 Å². The number of carbonyl (C=O) groups is 1. The summed E-state index contributed by atoms with van der Waals surface area (Å²) in [4.78, 5) is 10.3. The van der Waals surface area contributed by atoms with Crippen LogP contribution in [-0.2, 0) is 0 Å². The molecule has 0 aliphatic rings. The molecule has 1 rings (SSSR count). The molecular weight excluding hydrogens is 229 g/mol. The van der Waals surface area contributed by atoms with Crippen LogP contribution in [0.5, 0.6) is 0 Å². The molecule has 84 valence electrons. The Kier molecular flexibility index (Phi) is 5.36. The summed E-state index contributed by atoms with van der Waals surface area (Å²) < 4.78 is 31.1. The summed E-state index contributed by atoms with van der Waals surface area (Å²) in [5.74, 6) is 0. The highest BCUT2D eigenvalue weighted by molar-refractivity contribution is 6.30. The van der Waals surface area contributed by atoms with Crippen molar-refractivity contribution >= 4 is 17.9 Å². The number of hydrogen-bond acceptors (Lipinski definition) is 1. The zero-order valence-corrected chi connectivity index (χ0v) is 8.99. The van der Waals surface area contributed by atoms with Crippen molar-refractivity contribution < 1.29 is 18.0 Å². The molecule has 0 saturated heterocycles. The summed E-state index contributed by atoms with van der Waals surface area (Å²) in [5.41, 5.74) is 1.64. The molecule has 1 nitrogen and oxygen atoms in total. The lowest BCUT2D eigenvalue weighted by molar-refractivity contribution is -0.110. The molecule has 0 radical (unpaired) electrons. The number of alkyl halides is 3. The molecule has 0 bridgehead atoms. The van der Waals surface area contributed by atoms with Crippen molar-refractivity contribution in [3.8, 4) is 0 Å². The average molecular weight is 239 g/mol. The number of carbonyl (C=O) groups excluding carboxylic acids is 1. The van der Waals surface area contributed by atoms with Gasteiger partial charge in [0, 0.05) is 17.5 Å². The van der Waals surface area contributed by atoms with E-state index in [0.717, 1.165) is 11.8 Å². The molecule has 0 aliphatic heterocycles. The van der Waals surface area contributed by atoms with Gasteiger partial charge in [-0.1, -0.05) is 11.6 Å². The topological polar surface area (TPSA) is 17.1 Å². The number of hydrogen-bond donors (Lipinski definition) is 0. The lowest BCUT2D eigenvalue weighted by Crippen LogP contribution is -1.95. The van der Waals surface area contributed by atoms with E-state index < -0.39 is 6.18 Å². The second-order valence-corrected chi connectivity index (χ2v) is 3.40. The molecule has 0 N–H and O–H groups in total. The Bertz CT molecular complexity index is 308. The number of rotatable bonds is 1. The summed E-state index contributed by atoms with van der Waals surface area (Å²) in [7, 11) is 0. The van der Waals surface area contributed by atoms with Crippen LogP contribution < -0.4 is 0 Å². The van der Waals surface area contributed by atoms with Gasteiger partial charge in [0.2, 0.25) is 0 Å². The van der Waals surface area contributed by atoms with Gasteiger partial charge in [-0.05, 0) is 30.7 Å². The maximum atomic E-state index is 10.4. The number of aryl methyl sites for hydroxylation is 1. The van der Waals surface area contributed by atoms with Crippen LogP contribution in [0.25, 0.3) is 0 Å². The van der Waals surface area contributed by atoms with Gasteiger partial charge in [0.1, 0.15) is 6.29 Å². The first-order valence-corrected chi connectivity index (χ1v) is 4.39. The lowest BCUT2D eigenvalue weighted by atomic mass is 10.2. The second kappa shape index (κ2) is 5.75. The summed E-state index contributed by atoms with van der Waals surface area (Å²) in [6.07, 6.45) is -3.21. The molecule has 0 unspecified atom stereocenters.